The highest BCUT2D eigenvalue weighted by Crippen LogP contribution is 2.17. The fraction of sp³-hybridized carbons (Fsp3) is 0.714. The minimum absolute atomic E-state index is 0.0329. The lowest BCUT2D eigenvalue weighted by Gasteiger charge is -2.20. The Balaban J connectivity index is 1.88. The van der Waals surface area contributed by atoms with Crippen molar-refractivity contribution >= 4 is 11.6 Å². The molecule has 1 fully saturated rings. The maximum absolute atomic E-state index is 12.0. The molecule has 1 aromatic heterocycles. The van der Waals surface area contributed by atoms with E-state index in [4.69, 9.17) is 0 Å². The molecule has 0 bridgehead atoms. The Hall–Kier alpha value is -1.92. The lowest BCUT2D eigenvalue weighted by molar-refractivity contribution is -0.385. The number of hydrogen-bond acceptors (Lipinski definition) is 4. The van der Waals surface area contributed by atoms with Gasteiger partial charge in [0.05, 0.1) is 4.92 Å². The fourth-order valence-electron chi connectivity index (χ4n) is 2.79. The van der Waals surface area contributed by atoms with Crippen molar-refractivity contribution in [3.63, 3.8) is 0 Å². The standard InChI is InChI=1S/C14H22N4O3/c1-11-13(18(20)21)9-17(16-11)10-14(19)15-12-7-5-3-2-4-6-8-12/h9,12H,2-8,10H2,1H3,(H,15,19). The zero-order valence-electron chi connectivity index (χ0n) is 12.4. The van der Waals surface area contributed by atoms with Gasteiger partial charge in [-0.3, -0.25) is 19.6 Å². The average molecular weight is 294 g/mol. The topological polar surface area (TPSA) is 90.1 Å². The van der Waals surface area contributed by atoms with Crippen LogP contribution in [0.4, 0.5) is 5.69 Å². The second-order valence-corrected chi connectivity index (χ2v) is 5.66. The summed E-state index contributed by atoms with van der Waals surface area (Å²) >= 11 is 0. The second kappa shape index (κ2) is 7.19. The Morgan fingerprint density at radius 1 is 1.38 bits per heavy atom. The molecule has 2 rings (SSSR count). The minimum atomic E-state index is -0.481. The Kier molecular flexibility index (Phi) is 5.30. The van der Waals surface area contributed by atoms with E-state index >= 15 is 0 Å². The first kappa shape index (κ1) is 15.5. The van der Waals surface area contributed by atoms with Crippen LogP contribution in [0.5, 0.6) is 0 Å². The van der Waals surface area contributed by atoms with E-state index in [-0.39, 0.29) is 24.2 Å². The summed E-state index contributed by atoms with van der Waals surface area (Å²) in [5, 5.41) is 17.8. The Labute approximate surface area is 123 Å². The molecule has 7 heteroatoms. The number of nitro groups is 1. The van der Waals surface area contributed by atoms with Gasteiger partial charge in [-0.1, -0.05) is 32.1 Å². The second-order valence-electron chi connectivity index (χ2n) is 5.66. The van der Waals surface area contributed by atoms with Crippen LogP contribution in [-0.2, 0) is 11.3 Å². The third-order valence-corrected chi connectivity index (χ3v) is 3.89. The molecule has 1 N–H and O–H groups in total. The molecule has 1 saturated carbocycles. The molecule has 0 spiro atoms. The highest BCUT2D eigenvalue weighted by molar-refractivity contribution is 5.76. The summed E-state index contributed by atoms with van der Waals surface area (Å²) in [5.74, 6) is -0.127. The van der Waals surface area contributed by atoms with Gasteiger partial charge < -0.3 is 5.32 Å². The van der Waals surface area contributed by atoms with E-state index in [2.05, 4.69) is 10.4 Å². The first-order valence-electron chi connectivity index (χ1n) is 7.54. The zero-order chi connectivity index (χ0) is 15.2. The largest absolute Gasteiger partial charge is 0.352 e. The maximum Gasteiger partial charge on any atom is 0.309 e. The molecule has 0 aliphatic heterocycles. The van der Waals surface area contributed by atoms with E-state index < -0.39 is 4.92 Å². The molecular weight excluding hydrogens is 272 g/mol. The van der Waals surface area contributed by atoms with Gasteiger partial charge >= 0.3 is 5.69 Å². The van der Waals surface area contributed by atoms with Crippen molar-refractivity contribution in [1.29, 1.82) is 0 Å². The van der Waals surface area contributed by atoms with Gasteiger partial charge in [0.15, 0.2) is 0 Å². The van der Waals surface area contributed by atoms with E-state index in [0.717, 1.165) is 25.7 Å². The minimum Gasteiger partial charge on any atom is -0.352 e. The first-order valence-corrected chi connectivity index (χ1v) is 7.54. The number of nitrogens with zero attached hydrogens (tertiary/aromatic N) is 3. The van der Waals surface area contributed by atoms with Crippen LogP contribution in [0, 0.1) is 17.0 Å². The summed E-state index contributed by atoms with van der Waals surface area (Å²) in [6.45, 7) is 1.60. The third-order valence-electron chi connectivity index (χ3n) is 3.89. The molecule has 1 aliphatic carbocycles. The van der Waals surface area contributed by atoms with Crippen LogP contribution in [0.3, 0.4) is 0 Å². The molecule has 1 heterocycles. The third kappa shape index (κ3) is 4.54. The molecule has 1 aliphatic rings. The van der Waals surface area contributed by atoms with Crippen LogP contribution in [-0.4, -0.2) is 26.7 Å². The number of hydrogen-bond donors (Lipinski definition) is 1. The van der Waals surface area contributed by atoms with E-state index in [1.165, 1.54) is 30.1 Å². The maximum atomic E-state index is 12.0. The monoisotopic (exact) mass is 294 g/mol. The van der Waals surface area contributed by atoms with Crippen LogP contribution < -0.4 is 5.32 Å². The molecule has 0 aromatic carbocycles. The molecule has 7 nitrogen and oxygen atoms in total. The molecule has 21 heavy (non-hydrogen) atoms. The Morgan fingerprint density at radius 3 is 2.57 bits per heavy atom. The highest BCUT2D eigenvalue weighted by Gasteiger charge is 2.18. The first-order chi connectivity index (χ1) is 10.1. The van der Waals surface area contributed by atoms with Crippen LogP contribution >= 0.6 is 0 Å². The molecular formula is C14H22N4O3. The van der Waals surface area contributed by atoms with Crippen LogP contribution in [0.2, 0.25) is 0 Å². The van der Waals surface area contributed by atoms with Crippen molar-refractivity contribution < 1.29 is 9.72 Å². The van der Waals surface area contributed by atoms with E-state index in [0.29, 0.717) is 5.69 Å². The zero-order valence-corrected chi connectivity index (χ0v) is 12.4. The molecule has 0 atom stereocenters. The van der Waals surface area contributed by atoms with Crippen LogP contribution in [0.1, 0.15) is 50.6 Å². The number of nitrogens with one attached hydrogen (secondary N) is 1. The average Bonchev–Trinajstić information content (AvgIpc) is 2.73. The molecule has 0 radical (unpaired) electrons. The lowest BCUT2D eigenvalue weighted by atomic mass is 9.97. The smallest absolute Gasteiger partial charge is 0.309 e. The molecule has 0 saturated heterocycles. The summed E-state index contributed by atoms with van der Waals surface area (Å²) in [7, 11) is 0. The van der Waals surface area contributed by atoms with E-state index in [1.54, 1.807) is 6.92 Å². The highest BCUT2D eigenvalue weighted by atomic mass is 16.6. The van der Waals surface area contributed by atoms with Gasteiger partial charge in [-0.15, -0.1) is 0 Å². The van der Waals surface area contributed by atoms with Crippen molar-refractivity contribution in [2.24, 2.45) is 0 Å². The van der Waals surface area contributed by atoms with Crippen LogP contribution in [0.25, 0.3) is 0 Å². The van der Waals surface area contributed by atoms with Crippen molar-refractivity contribution in [3.05, 3.63) is 22.0 Å². The normalized spacial score (nSPS) is 17.0. The number of carbonyl (C=O) groups excluding carboxylic acids is 1. The molecule has 1 amide bonds. The van der Waals surface area contributed by atoms with Gasteiger partial charge in [0.1, 0.15) is 18.4 Å². The SMILES string of the molecule is Cc1nn(CC(=O)NC2CCCCCCC2)cc1[N+](=O)[O-]. The predicted molar refractivity (Wildman–Crippen MR) is 77.9 cm³/mol. The van der Waals surface area contributed by atoms with Crippen molar-refractivity contribution in [3.8, 4) is 0 Å². The summed E-state index contributed by atoms with van der Waals surface area (Å²) in [6.07, 6.45) is 9.40. The van der Waals surface area contributed by atoms with Gasteiger partial charge in [-0.05, 0) is 19.8 Å². The Morgan fingerprint density at radius 2 is 2.00 bits per heavy atom. The Bertz CT molecular complexity index is 504. The summed E-state index contributed by atoms with van der Waals surface area (Å²) in [6, 6.07) is 0.226. The van der Waals surface area contributed by atoms with E-state index in [9.17, 15) is 14.9 Å². The fourth-order valence-corrected chi connectivity index (χ4v) is 2.79. The number of amides is 1. The summed E-state index contributed by atoms with van der Waals surface area (Å²) in [4.78, 5) is 22.3. The molecule has 1 aromatic rings. The van der Waals surface area contributed by atoms with Gasteiger partial charge in [-0.25, -0.2) is 0 Å². The number of carbonyl (C=O) groups is 1. The van der Waals surface area contributed by atoms with Crippen LogP contribution in [0.15, 0.2) is 6.20 Å². The van der Waals surface area contributed by atoms with Crippen molar-refractivity contribution in [2.75, 3.05) is 0 Å². The van der Waals surface area contributed by atoms with E-state index in [1.807, 2.05) is 0 Å². The molecule has 116 valence electrons. The van der Waals surface area contributed by atoms with Gasteiger partial charge in [0.2, 0.25) is 5.91 Å². The predicted octanol–water partition coefficient (Wildman–Crippen LogP) is 2.33. The van der Waals surface area contributed by atoms with Crippen molar-refractivity contribution in [2.45, 2.75) is 64.5 Å². The summed E-state index contributed by atoms with van der Waals surface area (Å²) < 4.78 is 1.34. The van der Waals surface area contributed by atoms with Gasteiger partial charge in [0, 0.05) is 6.04 Å². The number of aryl methyl sites for hydroxylation is 1. The quantitative estimate of drug-likeness (QED) is 0.681. The summed E-state index contributed by atoms with van der Waals surface area (Å²) in [5.41, 5.74) is 0.285. The van der Waals surface area contributed by atoms with Gasteiger partial charge in [0.25, 0.3) is 0 Å². The van der Waals surface area contributed by atoms with Crippen molar-refractivity contribution in [1.82, 2.24) is 15.1 Å². The number of aromatic nitrogens is 2. The number of rotatable bonds is 4. The lowest BCUT2D eigenvalue weighted by Crippen LogP contribution is -2.37. The molecule has 0 unspecified atom stereocenters. The van der Waals surface area contributed by atoms with Gasteiger partial charge in [-0.2, -0.15) is 5.10 Å².